The van der Waals surface area contributed by atoms with Gasteiger partial charge in [0.15, 0.2) is 0 Å². The molecule has 4 rings (SSSR count). The monoisotopic (exact) mass is 475 g/mol. The molecule has 1 unspecified atom stereocenters. The van der Waals surface area contributed by atoms with Crippen LogP contribution in [0, 0.1) is 12.7 Å². The summed E-state index contributed by atoms with van der Waals surface area (Å²) in [6.07, 6.45) is -2.47. The van der Waals surface area contributed by atoms with Crippen molar-refractivity contribution in [2.24, 2.45) is 4.99 Å². The van der Waals surface area contributed by atoms with Crippen LogP contribution in [0.15, 0.2) is 77.8 Å². The highest BCUT2D eigenvalue weighted by Crippen LogP contribution is 2.32. The predicted molar refractivity (Wildman–Crippen MR) is 127 cm³/mol. The molecule has 8 nitrogen and oxygen atoms in total. The summed E-state index contributed by atoms with van der Waals surface area (Å²) in [5, 5.41) is 11.9. The molecule has 1 aliphatic heterocycles. The van der Waals surface area contributed by atoms with Crippen molar-refractivity contribution in [3.05, 3.63) is 101 Å². The molecule has 35 heavy (non-hydrogen) atoms. The van der Waals surface area contributed by atoms with E-state index >= 15 is 0 Å². The summed E-state index contributed by atoms with van der Waals surface area (Å²) in [5.41, 5.74) is 2.19. The fourth-order valence-electron chi connectivity index (χ4n) is 3.85. The number of anilines is 1. The number of alkyl carbamates (subject to hydrolysis) is 1. The van der Waals surface area contributed by atoms with Gasteiger partial charge in [0.2, 0.25) is 6.17 Å². The minimum Gasteiger partial charge on any atom is -0.480 e. The molecule has 1 atom stereocenters. The molecule has 0 radical (unpaired) electrons. The summed E-state index contributed by atoms with van der Waals surface area (Å²) in [5.74, 6) is -2.62. The van der Waals surface area contributed by atoms with Gasteiger partial charge >= 0.3 is 12.1 Å². The number of nitrogens with zero attached hydrogens (tertiary/aromatic N) is 2. The minimum absolute atomic E-state index is 0.0460. The zero-order valence-electron chi connectivity index (χ0n) is 18.8. The SMILES string of the molecule is Cc1cccc2c1N(CC(=O)O)C(=O)C(NC(=O)OCc1ccccc1)N=C2c1ccccc1F. The van der Waals surface area contributed by atoms with Crippen LogP contribution in [0.2, 0.25) is 0 Å². The Morgan fingerprint density at radius 2 is 1.71 bits per heavy atom. The molecule has 2 N–H and O–H groups in total. The van der Waals surface area contributed by atoms with Crippen molar-refractivity contribution in [1.29, 1.82) is 0 Å². The molecule has 0 saturated heterocycles. The van der Waals surface area contributed by atoms with Crippen molar-refractivity contribution in [3.8, 4) is 0 Å². The Balaban J connectivity index is 1.75. The number of amides is 2. The lowest BCUT2D eigenvalue weighted by Gasteiger charge is -2.25. The minimum atomic E-state index is -1.54. The third-order valence-electron chi connectivity index (χ3n) is 5.41. The summed E-state index contributed by atoms with van der Waals surface area (Å²) in [4.78, 5) is 43.1. The van der Waals surface area contributed by atoms with Gasteiger partial charge < -0.3 is 9.84 Å². The van der Waals surface area contributed by atoms with Gasteiger partial charge in [-0.3, -0.25) is 19.8 Å². The van der Waals surface area contributed by atoms with Gasteiger partial charge in [0.1, 0.15) is 19.0 Å². The second kappa shape index (κ2) is 10.2. The quantitative estimate of drug-likeness (QED) is 0.566. The second-order valence-corrected chi connectivity index (χ2v) is 7.86. The van der Waals surface area contributed by atoms with Gasteiger partial charge in [-0.1, -0.05) is 60.7 Å². The van der Waals surface area contributed by atoms with Crippen LogP contribution in [0.3, 0.4) is 0 Å². The number of para-hydroxylation sites is 1. The summed E-state index contributed by atoms with van der Waals surface area (Å²) < 4.78 is 20.0. The number of aliphatic imine (C=N–C) groups is 1. The van der Waals surface area contributed by atoms with Gasteiger partial charge in [0.05, 0.1) is 11.4 Å². The Morgan fingerprint density at radius 3 is 2.43 bits per heavy atom. The number of carbonyl (C=O) groups excluding carboxylic acids is 2. The molecular formula is C26H22FN3O5. The van der Waals surface area contributed by atoms with Crippen LogP contribution >= 0.6 is 0 Å². The zero-order chi connectivity index (χ0) is 24.9. The molecular weight excluding hydrogens is 453 g/mol. The Kier molecular flexibility index (Phi) is 6.86. The van der Waals surface area contributed by atoms with Crippen LogP contribution in [-0.4, -0.2) is 41.5 Å². The van der Waals surface area contributed by atoms with Gasteiger partial charge in [0, 0.05) is 11.1 Å². The molecule has 2 amide bonds. The first-order valence-electron chi connectivity index (χ1n) is 10.8. The number of carboxylic acid groups (broad SMARTS) is 1. The number of carboxylic acids is 1. The topological polar surface area (TPSA) is 108 Å². The number of fused-ring (bicyclic) bond motifs is 1. The normalized spacial score (nSPS) is 15.0. The first-order valence-corrected chi connectivity index (χ1v) is 10.8. The van der Waals surface area contributed by atoms with Crippen molar-refractivity contribution in [2.75, 3.05) is 11.4 Å². The van der Waals surface area contributed by atoms with Gasteiger partial charge in [-0.15, -0.1) is 0 Å². The molecule has 0 aliphatic carbocycles. The first-order chi connectivity index (χ1) is 16.8. The van der Waals surface area contributed by atoms with E-state index in [9.17, 15) is 23.9 Å². The average molecular weight is 475 g/mol. The number of aliphatic carboxylic acids is 1. The third kappa shape index (κ3) is 5.19. The van der Waals surface area contributed by atoms with Crippen molar-refractivity contribution in [2.45, 2.75) is 19.7 Å². The predicted octanol–water partition coefficient (Wildman–Crippen LogP) is 3.66. The number of aryl methyl sites for hydroxylation is 1. The van der Waals surface area contributed by atoms with E-state index in [1.165, 1.54) is 18.2 Å². The fraction of sp³-hybridized carbons (Fsp3) is 0.154. The lowest BCUT2D eigenvalue weighted by molar-refractivity contribution is -0.136. The maximum atomic E-state index is 14.8. The first kappa shape index (κ1) is 23.6. The highest BCUT2D eigenvalue weighted by molar-refractivity contribution is 6.21. The number of benzene rings is 3. The lowest BCUT2D eigenvalue weighted by Crippen LogP contribution is -2.49. The van der Waals surface area contributed by atoms with E-state index in [0.29, 0.717) is 11.1 Å². The number of carbonyl (C=O) groups is 3. The Bertz CT molecular complexity index is 1310. The van der Waals surface area contributed by atoms with E-state index in [0.717, 1.165) is 10.5 Å². The second-order valence-electron chi connectivity index (χ2n) is 7.86. The molecule has 1 heterocycles. The Labute approximate surface area is 200 Å². The number of rotatable bonds is 6. The molecule has 1 aliphatic rings. The number of ether oxygens (including phenoxy) is 1. The summed E-state index contributed by atoms with van der Waals surface area (Å²) in [7, 11) is 0. The molecule has 9 heteroatoms. The standard InChI is InChI=1S/C26H22FN3O5/c1-16-8-7-12-19-22(18-11-5-6-13-20(18)27)28-24(25(33)30(23(16)19)14-21(31)32)29-26(34)35-15-17-9-3-2-4-10-17/h2-13,24H,14-15H2,1H3,(H,29,34)(H,31,32). The summed E-state index contributed by atoms with van der Waals surface area (Å²) in [6.45, 7) is 0.992. The van der Waals surface area contributed by atoms with E-state index in [1.54, 1.807) is 55.5 Å². The highest BCUT2D eigenvalue weighted by atomic mass is 19.1. The summed E-state index contributed by atoms with van der Waals surface area (Å²) >= 11 is 0. The molecule has 3 aromatic rings. The van der Waals surface area contributed by atoms with Gasteiger partial charge in [-0.25, -0.2) is 14.2 Å². The van der Waals surface area contributed by atoms with Gasteiger partial charge in [-0.2, -0.15) is 0 Å². The largest absolute Gasteiger partial charge is 0.480 e. The van der Waals surface area contributed by atoms with Gasteiger partial charge in [0.25, 0.3) is 5.91 Å². The smallest absolute Gasteiger partial charge is 0.409 e. The van der Waals surface area contributed by atoms with E-state index in [4.69, 9.17) is 4.74 Å². The van der Waals surface area contributed by atoms with Crippen molar-refractivity contribution < 1.29 is 28.6 Å². The van der Waals surface area contributed by atoms with E-state index in [-0.39, 0.29) is 23.6 Å². The zero-order valence-corrected chi connectivity index (χ0v) is 18.8. The maximum absolute atomic E-state index is 14.8. The maximum Gasteiger partial charge on any atom is 0.409 e. The van der Waals surface area contributed by atoms with Crippen LogP contribution in [0.1, 0.15) is 22.3 Å². The Hall–Kier alpha value is -4.53. The van der Waals surface area contributed by atoms with Crippen LogP contribution in [0.5, 0.6) is 0 Å². The lowest BCUT2D eigenvalue weighted by atomic mass is 9.97. The number of nitrogens with one attached hydrogen (secondary N) is 1. The summed E-state index contributed by atoms with van der Waals surface area (Å²) in [6, 6.07) is 19.9. The van der Waals surface area contributed by atoms with E-state index in [1.807, 2.05) is 6.07 Å². The average Bonchev–Trinajstić information content (AvgIpc) is 2.95. The molecule has 0 aromatic heterocycles. The number of benzodiazepines with no additional fused rings is 1. The number of hydrogen-bond donors (Lipinski definition) is 2. The Morgan fingerprint density at radius 1 is 1.03 bits per heavy atom. The molecule has 0 fully saturated rings. The highest BCUT2D eigenvalue weighted by Gasteiger charge is 2.35. The number of hydrogen-bond acceptors (Lipinski definition) is 5. The molecule has 0 spiro atoms. The third-order valence-corrected chi connectivity index (χ3v) is 5.41. The molecule has 0 saturated carbocycles. The van der Waals surface area contributed by atoms with Crippen molar-refractivity contribution in [1.82, 2.24) is 5.32 Å². The molecule has 178 valence electrons. The van der Waals surface area contributed by atoms with E-state index in [2.05, 4.69) is 10.3 Å². The molecule has 0 bridgehead atoms. The van der Waals surface area contributed by atoms with Crippen molar-refractivity contribution >= 4 is 29.4 Å². The van der Waals surface area contributed by atoms with Crippen LogP contribution in [0.4, 0.5) is 14.9 Å². The molecule has 3 aromatic carbocycles. The van der Waals surface area contributed by atoms with E-state index < -0.39 is 36.5 Å². The van der Waals surface area contributed by atoms with Crippen molar-refractivity contribution in [3.63, 3.8) is 0 Å². The fourth-order valence-corrected chi connectivity index (χ4v) is 3.85. The van der Waals surface area contributed by atoms with Crippen LogP contribution in [0.25, 0.3) is 0 Å². The number of halogens is 1. The van der Waals surface area contributed by atoms with Crippen LogP contribution in [-0.2, 0) is 20.9 Å². The van der Waals surface area contributed by atoms with Gasteiger partial charge in [-0.05, 0) is 30.2 Å². The van der Waals surface area contributed by atoms with Crippen LogP contribution < -0.4 is 10.2 Å².